The van der Waals surface area contributed by atoms with Gasteiger partial charge in [0.05, 0.1) is 5.02 Å². The Morgan fingerprint density at radius 3 is 2.45 bits per heavy atom. The van der Waals surface area contributed by atoms with Gasteiger partial charge >= 0.3 is 0 Å². The van der Waals surface area contributed by atoms with E-state index in [2.05, 4.69) is 38.7 Å². The van der Waals surface area contributed by atoms with Gasteiger partial charge in [-0.25, -0.2) is 4.98 Å². The number of hydrogen-bond donors (Lipinski definition) is 2. The number of benzene rings is 1. The van der Waals surface area contributed by atoms with Gasteiger partial charge in [-0.1, -0.05) is 35.3 Å². The van der Waals surface area contributed by atoms with E-state index in [9.17, 15) is 0 Å². The molecule has 3 heterocycles. The van der Waals surface area contributed by atoms with Gasteiger partial charge < -0.3 is 10.6 Å². The lowest BCUT2D eigenvalue weighted by molar-refractivity contribution is 0.0690. The van der Waals surface area contributed by atoms with E-state index in [1.165, 1.54) is 18.4 Å². The number of rotatable bonds is 5. The molecular formula is C23H30Cl2N6. The van der Waals surface area contributed by atoms with Gasteiger partial charge in [0, 0.05) is 55.0 Å². The quantitative estimate of drug-likeness (QED) is 0.523. The smallest absolute Gasteiger partial charge is 0.147 e. The van der Waals surface area contributed by atoms with Crippen LogP contribution in [0.3, 0.4) is 0 Å². The van der Waals surface area contributed by atoms with Crippen molar-refractivity contribution in [3.05, 3.63) is 57.7 Å². The molecule has 3 N–H and O–H groups in total. The van der Waals surface area contributed by atoms with Gasteiger partial charge in [0.25, 0.3) is 0 Å². The van der Waals surface area contributed by atoms with Crippen LogP contribution in [-0.4, -0.2) is 65.4 Å². The molecule has 0 unspecified atom stereocenters. The number of hydrogen-bond acceptors (Lipinski definition) is 5. The number of piperazine rings is 1. The zero-order valence-electron chi connectivity index (χ0n) is 17.9. The third-order valence-corrected chi connectivity index (χ3v) is 6.99. The van der Waals surface area contributed by atoms with Crippen LogP contribution in [0.5, 0.6) is 0 Å². The summed E-state index contributed by atoms with van der Waals surface area (Å²) in [5, 5.41) is 8.91. The van der Waals surface area contributed by atoms with Crippen LogP contribution in [0.4, 0.5) is 5.82 Å². The van der Waals surface area contributed by atoms with Crippen LogP contribution in [0.25, 0.3) is 0 Å². The van der Waals surface area contributed by atoms with E-state index in [0.717, 1.165) is 50.1 Å². The Kier molecular flexibility index (Phi) is 7.02. The SMILES string of the molecule is C[C@H]1CN(c2ncc(C(=N)N)cc2Cl)CCN1C1CCN(Cc2ccc(Cl)cc2)CC1. The molecule has 6 nitrogen and oxygen atoms in total. The molecule has 2 aliphatic rings. The highest BCUT2D eigenvalue weighted by Gasteiger charge is 2.32. The van der Waals surface area contributed by atoms with Crippen LogP contribution in [0.15, 0.2) is 36.5 Å². The van der Waals surface area contributed by atoms with E-state index >= 15 is 0 Å². The Morgan fingerprint density at radius 1 is 1.13 bits per heavy atom. The number of aromatic nitrogens is 1. The normalized spacial score (nSPS) is 21.4. The lowest BCUT2D eigenvalue weighted by Crippen LogP contribution is -2.57. The van der Waals surface area contributed by atoms with Gasteiger partial charge in [-0.05, 0) is 56.6 Å². The Morgan fingerprint density at radius 2 is 1.84 bits per heavy atom. The first-order valence-corrected chi connectivity index (χ1v) is 11.6. The van der Waals surface area contributed by atoms with Crippen molar-refractivity contribution >= 4 is 34.9 Å². The van der Waals surface area contributed by atoms with Crippen molar-refractivity contribution in [1.29, 1.82) is 5.41 Å². The van der Waals surface area contributed by atoms with Crippen molar-refractivity contribution in [2.75, 3.05) is 37.6 Å². The molecule has 2 aliphatic heterocycles. The molecule has 1 aromatic carbocycles. The first-order chi connectivity index (χ1) is 14.9. The molecule has 0 radical (unpaired) electrons. The maximum absolute atomic E-state index is 7.55. The summed E-state index contributed by atoms with van der Waals surface area (Å²) < 4.78 is 0. The second-order valence-electron chi connectivity index (χ2n) is 8.61. The number of likely N-dealkylation sites (tertiary alicyclic amines) is 1. The number of nitrogens with zero attached hydrogens (tertiary/aromatic N) is 4. The predicted octanol–water partition coefficient (Wildman–Crippen LogP) is 3.85. The van der Waals surface area contributed by atoms with Gasteiger partial charge in [0.15, 0.2) is 0 Å². The molecule has 0 aliphatic carbocycles. The monoisotopic (exact) mass is 460 g/mol. The summed E-state index contributed by atoms with van der Waals surface area (Å²) in [6.45, 7) is 8.35. The second-order valence-corrected chi connectivity index (χ2v) is 9.45. The molecule has 0 spiro atoms. The zero-order chi connectivity index (χ0) is 22.0. The lowest BCUT2D eigenvalue weighted by atomic mass is 9.99. The first kappa shape index (κ1) is 22.3. The predicted molar refractivity (Wildman–Crippen MR) is 128 cm³/mol. The topological polar surface area (TPSA) is 72.5 Å². The minimum Gasteiger partial charge on any atom is -0.384 e. The Bertz CT molecular complexity index is 911. The zero-order valence-corrected chi connectivity index (χ0v) is 19.4. The number of halogens is 2. The highest BCUT2D eigenvalue weighted by molar-refractivity contribution is 6.33. The second kappa shape index (κ2) is 9.74. The fraction of sp³-hybridized carbons (Fsp3) is 0.478. The average molecular weight is 461 g/mol. The van der Waals surface area contributed by atoms with Gasteiger partial charge in [0.2, 0.25) is 0 Å². The van der Waals surface area contributed by atoms with Gasteiger partial charge in [0.1, 0.15) is 11.7 Å². The summed E-state index contributed by atoms with van der Waals surface area (Å²) in [4.78, 5) is 11.9. The highest BCUT2D eigenvalue weighted by Crippen LogP contribution is 2.28. The van der Waals surface area contributed by atoms with Crippen molar-refractivity contribution in [2.45, 2.75) is 38.4 Å². The molecule has 1 atom stereocenters. The van der Waals surface area contributed by atoms with Crippen LogP contribution in [-0.2, 0) is 6.54 Å². The summed E-state index contributed by atoms with van der Waals surface area (Å²) in [5.74, 6) is 0.775. The van der Waals surface area contributed by atoms with E-state index < -0.39 is 0 Å². The Balaban J connectivity index is 1.30. The number of piperidine rings is 1. The minimum atomic E-state index is -0.0125. The first-order valence-electron chi connectivity index (χ1n) is 10.9. The van der Waals surface area contributed by atoms with E-state index in [4.69, 9.17) is 34.3 Å². The fourth-order valence-electron chi connectivity index (χ4n) is 4.77. The number of amidine groups is 1. The van der Waals surface area contributed by atoms with Gasteiger partial charge in [-0.15, -0.1) is 0 Å². The summed E-state index contributed by atoms with van der Waals surface area (Å²) in [6, 6.07) is 11.0. The Hall–Kier alpha value is -1.86. The standard InChI is InChI=1S/C23H30Cl2N6/c1-16-14-30(23-21(25)12-18(13-28-23)22(26)27)10-11-31(16)20-6-8-29(9-7-20)15-17-2-4-19(24)5-3-17/h2-5,12-13,16,20H,6-11,14-15H2,1H3,(H3,26,27)/t16-/m0/s1. The summed E-state index contributed by atoms with van der Waals surface area (Å²) in [6.07, 6.45) is 4.03. The largest absolute Gasteiger partial charge is 0.384 e. The minimum absolute atomic E-state index is 0.0125. The van der Waals surface area contributed by atoms with Gasteiger partial charge in [-0.2, -0.15) is 0 Å². The third kappa shape index (κ3) is 5.32. The average Bonchev–Trinajstić information content (AvgIpc) is 2.76. The molecule has 2 saturated heterocycles. The molecule has 2 aromatic rings. The van der Waals surface area contributed by atoms with Crippen LogP contribution in [0, 0.1) is 5.41 Å². The molecule has 0 amide bonds. The molecule has 166 valence electrons. The van der Waals surface area contributed by atoms with Crippen LogP contribution >= 0.6 is 23.2 Å². The molecule has 1 aromatic heterocycles. The molecule has 0 bridgehead atoms. The maximum atomic E-state index is 7.55. The summed E-state index contributed by atoms with van der Waals surface area (Å²) in [7, 11) is 0. The van der Waals surface area contributed by atoms with Crippen LogP contribution in [0.1, 0.15) is 30.9 Å². The fourth-order valence-corrected chi connectivity index (χ4v) is 5.19. The highest BCUT2D eigenvalue weighted by atomic mass is 35.5. The maximum Gasteiger partial charge on any atom is 0.147 e. The van der Waals surface area contributed by atoms with Crippen molar-refractivity contribution in [3.8, 4) is 0 Å². The number of pyridine rings is 1. The number of nitrogens with two attached hydrogens (primary N) is 1. The summed E-state index contributed by atoms with van der Waals surface area (Å²) >= 11 is 12.5. The third-order valence-electron chi connectivity index (χ3n) is 6.46. The number of nitrogens with one attached hydrogen (secondary N) is 1. The number of nitrogen functional groups attached to an aromatic ring is 1. The van der Waals surface area contributed by atoms with E-state index in [1.807, 2.05) is 12.1 Å². The van der Waals surface area contributed by atoms with E-state index in [-0.39, 0.29) is 5.84 Å². The molecule has 4 rings (SSSR count). The molecule has 8 heteroatoms. The van der Waals surface area contributed by atoms with Crippen LogP contribution in [0.2, 0.25) is 10.0 Å². The molecular weight excluding hydrogens is 431 g/mol. The van der Waals surface area contributed by atoms with E-state index in [0.29, 0.717) is 22.7 Å². The van der Waals surface area contributed by atoms with Crippen molar-refractivity contribution in [1.82, 2.24) is 14.8 Å². The van der Waals surface area contributed by atoms with E-state index in [1.54, 1.807) is 12.3 Å². The molecule has 0 saturated carbocycles. The molecule has 31 heavy (non-hydrogen) atoms. The lowest BCUT2D eigenvalue weighted by Gasteiger charge is -2.47. The van der Waals surface area contributed by atoms with Gasteiger partial charge in [-0.3, -0.25) is 15.2 Å². The molecule has 2 fully saturated rings. The Labute approximate surface area is 194 Å². The van der Waals surface area contributed by atoms with Crippen molar-refractivity contribution in [2.24, 2.45) is 5.73 Å². The van der Waals surface area contributed by atoms with Crippen molar-refractivity contribution in [3.63, 3.8) is 0 Å². The van der Waals surface area contributed by atoms with Crippen molar-refractivity contribution < 1.29 is 0 Å². The number of anilines is 1. The van der Waals surface area contributed by atoms with Crippen LogP contribution < -0.4 is 10.6 Å². The summed E-state index contributed by atoms with van der Waals surface area (Å²) in [5.41, 5.74) is 7.43.